The van der Waals surface area contributed by atoms with Crippen LogP contribution in [0.3, 0.4) is 0 Å². The molecule has 2 saturated heterocycles. The molecule has 0 aliphatic carbocycles. The van der Waals surface area contributed by atoms with Crippen LogP contribution in [0, 0.1) is 0 Å². The molecule has 2 fully saturated rings. The molecule has 3 rings (SSSR count). The Morgan fingerprint density at radius 1 is 1.50 bits per heavy atom. The topological polar surface area (TPSA) is 57.5 Å². The van der Waals surface area contributed by atoms with E-state index in [1.54, 1.807) is 6.26 Å². The Kier molecular flexibility index (Phi) is 4.08. The zero-order valence-electron chi connectivity index (χ0n) is 12.0. The summed E-state index contributed by atoms with van der Waals surface area (Å²) in [4.78, 5) is 14.6. The van der Waals surface area contributed by atoms with Crippen molar-refractivity contribution >= 4 is 5.91 Å². The van der Waals surface area contributed by atoms with Gasteiger partial charge >= 0.3 is 0 Å². The molecular formula is C15H23N3O2. The summed E-state index contributed by atoms with van der Waals surface area (Å²) in [5.41, 5.74) is 0. The normalized spacial score (nSPS) is 27.4. The van der Waals surface area contributed by atoms with E-state index in [-0.39, 0.29) is 11.9 Å². The summed E-state index contributed by atoms with van der Waals surface area (Å²) in [5, 5.41) is 6.41. The fraction of sp³-hybridized carbons (Fsp3) is 0.667. The van der Waals surface area contributed by atoms with E-state index in [1.165, 1.54) is 25.9 Å². The molecule has 110 valence electrons. The Hall–Kier alpha value is -1.33. The van der Waals surface area contributed by atoms with E-state index < -0.39 is 0 Å². The van der Waals surface area contributed by atoms with E-state index in [4.69, 9.17) is 4.42 Å². The first kappa shape index (κ1) is 13.6. The number of nitrogens with one attached hydrogen (secondary N) is 2. The summed E-state index contributed by atoms with van der Waals surface area (Å²) in [6.45, 7) is 4.79. The molecular weight excluding hydrogens is 254 g/mol. The van der Waals surface area contributed by atoms with Crippen molar-refractivity contribution in [1.82, 2.24) is 15.5 Å². The highest BCUT2D eigenvalue weighted by Gasteiger charge is 2.37. The van der Waals surface area contributed by atoms with Gasteiger partial charge in [-0.05, 0) is 44.9 Å². The predicted molar refractivity (Wildman–Crippen MR) is 76.2 cm³/mol. The number of amides is 1. The van der Waals surface area contributed by atoms with Gasteiger partial charge in [-0.25, -0.2) is 0 Å². The van der Waals surface area contributed by atoms with Gasteiger partial charge < -0.3 is 15.1 Å². The Labute approximate surface area is 119 Å². The molecule has 1 aromatic rings. The van der Waals surface area contributed by atoms with Crippen molar-refractivity contribution in [3.8, 4) is 0 Å². The maximum Gasteiger partial charge on any atom is 0.237 e. The Morgan fingerprint density at radius 2 is 2.40 bits per heavy atom. The largest absolute Gasteiger partial charge is 0.467 e. The predicted octanol–water partition coefficient (Wildman–Crippen LogP) is 1.11. The maximum atomic E-state index is 12.1. The molecule has 3 atom stereocenters. The second-order valence-electron chi connectivity index (χ2n) is 5.83. The second-order valence-corrected chi connectivity index (χ2v) is 5.83. The van der Waals surface area contributed by atoms with Crippen molar-refractivity contribution in [2.75, 3.05) is 13.1 Å². The van der Waals surface area contributed by atoms with Crippen LogP contribution in [0.5, 0.6) is 0 Å². The van der Waals surface area contributed by atoms with Crippen LogP contribution in [0.2, 0.25) is 0 Å². The van der Waals surface area contributed by atoms with Crippen LogP contribution in [0.15, 0.2) is 22.8 Å². The molecule has 20 heavy (non-hydrogen) atoms. The van der Waals surface area contributed by atoms with Crippen molar-refractivity contribution in [2.24, 2.45) is 0 Å². The van der Waals surface area contributed by atoms with Gasteiger partial charge in [0.1, 0.15) is 5.76 Å². The molecule has 2 aliphatic rings. The lowest BCUT2D eigenvalue weighted by atomic mass is 10.1. The SMILES string of the molecule is CC(NC1CCN2CCCC12)C(=O)NCc1ccco1. The molecule has 0 radical (unpaired) electrons. The van der Waals surface area contributed by atoms with Gasteiger partial charge in [-0.2, -0.15) is 0 Å². The molecule has 3 unspecified atom stereocenters. The average molecular weight is 277 g/mol. The van der Waals surface area contributed by atoms with Gasteiger partial charge in [-0.15, -0.1) is 0 Å². The van der Waals surface area contributed by atoms with E-state index in [9.17, 15) is 4.79 Å². The molecule has 2 N–H and O–H groups in total. The van der Waals surface area contributed by atoms with Gasteiger partial charge in [-0.1, -0.05) is 0 Å². The summed E-state index contributed by atoms with van der Waals surface area (Å²) < 4.78 is 5.21. The molecule has 5 heteroatoms. The fourth-order valence-corrected chi connectivity index (χ4v) is 3.41. The highest BCUT2D eigenvalue weighted by Crippen LogP contribution is 2.28. The van der Waals surface area contributed by atoms with Crippen LogP contribution < -0.4 is 10.6 Å². The summed E-state index contributed by atoms with van der Waals surface area (Å²) in [6.07, 6.45) is 5.33. The van der Waals surface area contributed by atoms with Crippen molar-refractivity contribution in [3.05, 3.63) is 24.2 Å². The first-order valence-corrected chi connectivity index (χ1v) is 7.54. The molecule has 0 spiro atoms. The van der Waals surface area contributed by atoms with Crippen molar-refractivity contribution in [3.63, 3.8) is 0 Å². The van der Waals surface area contributed by atoms with E-state index >= 15 is 0 Å². The average Bonchev–Trinajstić information content (AvgIpc) is 3.15. The minimum absolute atomic E-state index is 0.0397. The number of carbonyl (C=O) groups excluding carboxylic acids is 1. The second kappa shape index (κ2) is 5.97. The Bertz CT molecular complexity index is 446. The lowest BCUT2D eigenvalue weighted by Gasteiger charge is -2.24. The molecule has 0 aromatic carbocycles. The molecule has 0 bridgehead atoms. The third-order valence-corrected chi connectivity index (χ3v) is 4.48. The smallest absolute Gasteiger partial charge is 0.237 e. The van der Waals surface area contributed by atoms with Crippen molar-refractivity contribution in [1.29, 1.82) is 0 Å². The number of hydrogen-bond acceptors (Lipinski definition) is 4. The Morgan fingerprint density at radius 3 is 3.20 bits per heavy atom. The van der Waals surface area contributed by atoms with Gasteiger partial charge in [0.05, 0.1) is 18.8 Å². The molecule has 2 aliphatic heterocycles. The van der Waals surface area contributed by atoms with Crippen LogP contribution in [0.25, 0.3) is 0 Å². The lowest BCUT2D eigenvalue weighted by Crippen LogP contribution is -2.49. The highest BCUT2D eigenvalue weighted by molar-refractivity contribution is 5.81. The zero-order valence-corrected chi connectivity index (χ0v) is 12.0. The zero-order chi connectivity index (χ0) is 13.9. The standard InChI is InChI=1S/C15H23N3O2/c1-11(15(19)16-10-12-4-3-9-20-12)17-13-6-8-18-7-2-5-14(13)18/h3-4,9,11,13-14,17H,2,5-8,10H2,1H3,(H,16,19). The van der Waals surface area contributed by atoms with Gasteiger partial charge in [0.25, 0.3) is 0 Å². The number of hydrogen-bond donors (Lipinski definition) is 2. The fourth-order valence-electron chi connectivity index (χ4n) is 3.41. The molecule has 1 aromatic heterocycles. The monoisotopic (exact) mass is 277 g/mol. The van der Waals surface area contributed by atoms with E-state index in [2.05, 4.69) is 15.5 Å². The first-order chi connectivity index (χ1) is 9.74. The van der Waals surface area contributed by atoms with Crippen LogP contribution in [0.1, 0.15) is 31.9 Å². The molecule has 0 saturated carbocycles. The first-order valence-electron chi connectivity index (χ1n) is 7.54. The Balaban J connectivity index is 1.46. The van der Waals surface area contributed by atoms with E-state index in [0.717, 1.165) is 12.2 Å². The summed E-state index contributed by atoms with van der Waals surface area (Å²) in [5.74, 6) is 0.825. The van der Waals surface area contributed by atoms with Crippen LogP contribution in [-0.2, 0) is 11.3 Å². The summed E-state index contributed by atoms with van der Waals surface area (Å²) in [7, 11) is 0. The van der Waals surface area contributed by atoms with Gasteiger partial charge in [0.15, 0.2) is 0 Å². The quantitative estimate of drug-likeness (QED) is 0.846. The number of furan rings is 1. The van der Waals surface area contributed by atoms with Crippen molar-refractivity contribution in [2.45, 2.75) is 50.9 Å². The molecule has 3 heterocycles. The molecule has 5 nitrogen and oxygen atoms in total. The van der Waals surface area contributed by atoms with E-state index in [0.29, 0.717) is 18.6 Å². The van der Waals surface area contributed by atoms with Gasteiger partial charge in [-0.3, -0.25) is 9.69 Å². The summed E-state index contributed by atoms with van der Waals surface area (Å²) >= 11 is 0. The minimum atomic E-state index is -0.157. The minimum Gasteiger partial charge on any atom is -0.467 e. The van der Waals surface area contributed by atoms with Crippen LogP contribution >= 0.6 is 0 Å². The van der Waals surface area contributed by atoms with Crippen LogP contribution in [0.4, 0.5) is 0 Å². The van der Waals surface area contributed by atoms with Gasteiger partial charge in [0, 0.05) is 18.6 Å². The number of fused-ring (bicyclic) bond motifs is 1. The summed E-state index contributed by atoms with van der Waals surface area (Å²) in [6, 6.07) is 4.63. The number of carbonyl (C=O) groups is 1. The van der Waals surface area contributed by atoms with Crippen molar-refractivity contribution < 1.29 is 9.21 Å². The maximum absolute atomic E-state index is 12.1. The third kappa shape index (κ3) is 2.88. The van der Waals surface area contributed by atoms with E-state index in [1.807, 2.05) is 19.1 Å². The lowest BCUT2D eigenvalue weighted by molar-refractivity contribution is -0.123. The van der Waals surface area contributed by atoms with Crippen LogP contribution in [-0.4, -0.2) is 42.0 Å². The number of rotatable bonds is 5. The third-order valence-electron chi connectivity index (χ3n) is 4.48. The highest BCUT2D eigenvalue weighted by atomic mass is 16.3. The number of nitrogens with zero attached hydrogens (tertiary/aromatic N) is 1. The molecule has 1 amide bonds. The van der Waals surface area contributed by atoms with Gasteiger partial charge in [0.2, 0.25) is 5.91 Å².